The van der Waals surface area contributed by atoms with Gasteiger partial charge in [0.05, 0.1) is 16.7 Å². The first-order chi connectivity index (χ1) is 34.2. The quantitative estimate of drug-likeness (QED) is 0.144. The summed E-state index contributed by atoms with van der Waals surface area (Å²) in [6, 6.07) is 96.1. The van der Waals surface area contributed by atoms with Gasteiger partial charge in [-0.3, -0.25) is 0 Å². The normalized spacial score (nSPS) is 11.5. The molecule has 3 heteroatoms. The summed E-state index contributed by atoms with van der Waals surface area (Å²) < 4.78 is 8.74. The minimum Gasteiger partial charge on any atom is -0.456 e. The highest BCUT2D eigenvalue weighted by Crippen LogP contribution is 2.42. The van der Waals surface area contributed by atoms with E-state index in [2.05, 4.69) is 264 Å². The van der Waals surface area contributed by atoms with E-state index in [4.69, 9.17) is 4.42 Å². The van der Waals surface area contributed by atoms with Gasteiger partial charge in [-0.25, -0.2) is 0 Å². The fourth-order valence-electron chi connectivity index (χ4n) is 10.3. The molecule has 2 heterocycles. The predicted octanol–water partition coefficient (Wildman–Crippen LogP) is 18.5. The summed E-state index contributed by atoms with van der Waals surface area (Å²) in [6.45, 7) is 0. The number of hydrogen-bond acceptors (Lipinski definition) is 2. The molecule has 13 aromatic rings. The first kappa shape index (κ1) is 40.1. The van der Waals surface area contributed by atoms with Crippen molar-refractivity contribution in [2.45, 2.75) is 0 Å². The average molecular weight is 881 g/mol. The molecule has 0 fully saturated rings. The van der Waals surface area contributed by atoms with Crippen LogP contribution >= 0.6 is 0 Å². The number of rotatable bonds is 9. The molecule has 3 nitrogen and oxygen atoms in total. The average Bonchev–Trinajstić information content (AvgIpc) is 3.97. The van der Waals surface area contributed by atoms with E-state index in [0.717, 1.165) is 72.5 Å². The Labute approximate surface area is 401 Å². The van der Waals surface area contributed by atoms with Gasteiger partial charge >= 0.3 is 0 Å². The fraction of sp³-hybridized carbons (Fsp3) is 0. The van der Waals surface area contributed by atoms with Crippen LogP contribution in [0, 0.1) is 0 Å². The SMILES string of the molecule is c1ccc(-c2ccc(-c3cccc(N(c4ccc(-c5ccccc5-c5ccc6c(c5)oc5ccccc56)cc4)c4ccc(-c5ccccc5-n5c6ccccc6c6ccccc65)cc4)c3)cc2)cc1. The molecular formula is C66H44N2O. The Bertz CT molecular complexity index is 3940. The molecule has 13 rings (SSSR count). The van der Waals surface area contributed by atoms with Crippen LogP contribution in [-0.2, 0) is 0 Å². The molecule has 0 saturated heterocycles. The maximum Gasteiger partial charge on any atom is 0.136 e. The maximum atomic E-state index is 6.33. The molecule has 0 N–H and O–H groups in total. The van der Waals surface area contributed by atoms with Crippen molar-refractivity contribution in [2.75, 3.05) is 4.90 Å². The highest BCUT2D eigenvalue weighted by molar-refractivity contribution is 6.10. The number of benzene rings is 11. The molecule has 0 spiro atoms. The number of fused-ring (bicyclic) bond motifs is 6. The van der Waals surface area contributed by atoms with Gasteiger partial charge in [0, 0.05) is 44.2 Å². The Kier molecular flexibility index (Phi) is 9.84. The zero-order valence-electron chi connectivity index (χ0n) is 37.7. The summed E-state index contributed by atoms with van der Waals surface area (Å²) in [7, 11) is 0. The first-order valence-electron chi connectivity index (χ1n) is 23.6. The number of nitrogens with zero attached hydrogens (tertiary/aromatic N) is 2. The molecular weight excluding hydrogens is 837 g/mol. The largest absolute Gasteiger partial charge is 0.456 e. The van der Waals surface area contributed by atoms with Crippen molar-refractivity contribution < 1.29 is 4.42 Å². The summed E-state index contributed by atoms with van der Waals surface area (Å²) in [5.74, 6) is 0. The maximum absolute atomic E-state index is 6.33. The second-order valence-electron chi connectivity index (χ2n) is 17.7. The van der Waals surface area contributed by atoms with Crippen LogP contribution in [0.15, 0.2) is 271 Å². The molecule has 0 aliphatic heterocycles. The lowest BCUT2D eigenvalue weighted by molar-refractivity contribution is 0.669. The number of aromatic nitrogens is 1. The lowest BCUT2D eigenvalue weighted by atomic mass is 9.94. The summed E-state index contributed by atoms with van der Waals surface area (Å²) in [5.41, 5.74) is 20.2. The standard InChI is InChI=1S/C66H44N2O/c1-2-15-45(16-3-1)46-29-31-47(32-30-46)50-17-14-18-54(43-50)67(52-38-33-48(34-39-52)55-19-4-5-20-56(55)51-37-42-61-60-24-9-13-28-65(60)69-66(61)44-51)53-40-35-49(36-41-53)57-21-6-10-25-62(57)68-63-26-11-7-22-58(63)59-23-8-12-27-64(59)68/h1-44H. The van der Waals surface area contributed by atoms with Crippen LogP contribution in [0.25, 0.3) is 105 Å². The van der Waals surface area contributed by atoms with Gasteiger partial charge in [0.25, 0.3) is 0 Å². The monoisotopic (exact) mass is 880 g/mol. The van der Waals surface area contributed by atoms with Gasteiger partial charge in [-0.2, -0.15) is 0 Å². The first-order valence-corrected chi connectivity index (χ1v) is 23.6. The minimum atomic E-state index is 0.894. The highest BCUT2D eigenvalue weighted by atomic mass is 16.3. The summed E-state index contributed by atoms with van der Waals surface area (Å²) in [6.07, 6.45) is 0. The third kappa shape index (κ3) is 7.16. The lowest BCUT2D eigenvalue weighted by Gasteiger charge is -2.27. The van der Waals surface area contributed by atoms with Gasteiger partial charge in [-0.05, 0) is 123 Å². The van der Waals surface area contributed by atoms with Crippen molar-refractivity contribution in [3.05, 3.63) is 267 Å². The fourth-order valence-corrected chi connectivity index (χ4v) is 10.3. The van der Waals surface area contributed by atoms with Gasteiger partial charge in [0.2, 0.25) is 0 Å². The third-order valence-corrected chi connectivity index (χ3v) is 13.6. The van der Waals surface area contributed by atoms with Crippen molar-refractivity contribution in [3.8, 4) is 61.3 Å². The Morgan fingerprint density at radius 1 is 0.261 bits per heavy atom. The van der Waals surface area contributed by atoms with Crippen LogP contribution in [-0.4, -0.2) is 4.57 Å². The van der Waals surface area contributed by atoms with Gasteiger partial charge < -0.3 is 13.9 Å². The molecule has 2 aromatic heterocycles. The van der Waals surface area contributed by atoms with E-state index in [-0.39, 0.29) is 0 Å². The number of para-hydroxylation sites is 4. The van der Waals surface area contributed by atoms with Crippen molar-refractivity contribution in [1.82, 2.24) is 4.57 Å². The highest BCUT2D eigenvalue weighted by Gasteiger charge is 2.19. The lowest BCUT2D eigenvalue weighted by Crippen LogP contribution is -2.10. The Balaban J connectivity index is 0.894. The third-order valence-electron chi connectivity index (χ3n) is 13.6. The van der Waals surface area contributed by atoms with Crippen molar-refractivity contribution in [1.29, 1.82) is 0 Å². The van der Waals surface area contributed by atoms with Crippen LogP contribution in [0.3, 0.4) is 0 Å². The predicted molar refractivity (Wildman–Crippen MR) is 290 cm³/mol. The van der Waals surface area contributed by atoms with Gasteiger partial charge in [-0.15, -0.1) is 0 Å². The summed E-state index contributed by atoms with van der Waals surface area (Å²) >= 11 is 0. The van der Waals surface area contributed by atoms with Gasteiger partial charge in [-0.1, -0.05) is 194 Å². The molecule has 0 aliphatic rings. The molecule has 0 saturated carbocycles. The number of furan rings is 1. The minimum absolute atomic E-state index is 0.894. The zero-order chi connectivity index (χ0) is 45.7. The number of hydrogen-bond donors (Lipinski definition) is 0. The molecule has 11 aromatic carbocycles. The second-order valence-corrected chi connectivity index (χ2v) is 17.7. The Hall–Kier alpha value is -9.18. The van der Waals surface area contributed by atoms with Crippen LogP contribution in [0.5, 0.6) is 0 Å². The summed E-state index contributed by atoms with van der Waals surface area (Å²) in [4.78, 5) is 2.37. The Morgan fingerprint density at radius 2 is 0.725 bits per heavy atom. The molecule has 324 valence electrons. The molecule has 0 radical (unpaired) electrons. The topological polar surface area (TPSA) is 21.3 Å². The van der Waals surface area contributed by atoms with E-state index in [1.54, 1.807) is 0 Å². The molecule has 0 amide bonds. The van der Waals surface area contributed by atoms with Gasteiger partial charge in [0.1, 0.15) is 11.2 Å². The smallest absolute Gasteiger partial charge is 0.136 e. The molecule has 69 heavy (non-hydrogen) atoms. The van der Waals surface area contributed by atoms with Gasteiger partial charge in [0.15, 0.2) is 0 Å². The van der Waals surface area contributed by atoms with E-state index in [1.807, 2.05) is 12.1 Å². The van der Waals surface area contributed by atoms with E-state index in [1.165, 1.54) is 49.6 Å². The molecule has 0 bridgehead atoms. The number of anilines is 3. The molecule has 0 atom stereocenters. The second kappa shape index (κ2) is 16.9. The molecule has 0 aliphatic carbocycles. The van der Waals surface area contributed by atoms with E-state index in [0.29, 0.717) is 0 Å². The van der Waals surface area contributed by atoms with Crippen LogP contribution in [0.2, 0.25) is 0 Å². The molecule has 0 unspecified atom stereocenters. The van der Waals surface area contributed by atoms with Crippen molar-refractivity contribution in [2.24, 2.45) is 0 Å². The van der Waals surface area contributed by atoms with Crippen molar-refractivity contribution in [3.63, 3.8) is 0 Å². The van der Waals surface area contributed by atoms with Crippen LogP contribution in [0.4, 0.5) is 17.1 Å². The zero-order valence-corrected chi connectivity index (χ0v) is 37.7. The van der Waals surface area contributed by atoms with E-state index in [9.17, 15) is 0 Å². The van der Waals surface area contributed by atoms with Crippen molar-refractivity contribution >= 4 is 60.8 Å². The van der Waals surface area contributed by atoms with E-state index < -0.39 is 0 Å². The van der Waals surface area contributed by atoms with Crippen LogP contribution < -0.4 is 4.90 Å². The Morgan fingerprint density at radius 3 is 1.41 bits per heavy atom. The summed E-state index contributed by atoms with van der Waals surface area (Å²) in [5, 5.41) is 4.77. The van der Waals surface area contributed by atoms with E-state index >= 15 is 0 Å². The van der Waals surface area contributed by atoms with Crippen LogP contribution in [0.1, 0.15) is 0 Å².